The van der Waals surface area contributed by atoms with Gasteiger partial charge in [0.25, 0.3) is 0 Å². The lowest BCUT2D eigenvalue weighted by Gasteiger charge is -2.24. The summed E-state index contributed by atoms with van der Waals surface area (Å²) in [5.41, 5.74) is 4.35. The minimum absolute atomic E-state index is 0.350. The molecule has 1 unspecified atom stereocenters. The first-order valence-electron chi connectivity index (χ1n) is 8.51. The first-order valence-corrected chi connectivity index (χ1v) is 8.51. The maximum atomic E-state index is 4.40. The maximum Gasteiger partial charge on any atom is 0.125 e. The van der Waals surface area contributed by atoms with Crippen molar-refractivity contribution in [1.82, 2.24) is 14.9 Å². The summed E-state index contributed by atoms with van der Waals surface area (Å²) in [6, 6.07) is 9.35. The molecule has 0 aliphatic carbocycles. The molecule has 1 aromatic carbocycles. The van der Waals surface area contributed by atoms with Crippen molar-refractivity contribution in [2.24, 2.45) is 5.41 Å². The summed E-state index contributed by atoms with van der Waals surface area (Å²) in [7, 11) is 0. The van der Waals surface area contributed by atoms with Crippen molar-refractivity contribution in [2.75, 3.05) is 13.1 Å². The van der Waals surface area contributed by atoms with Gasteiger partial charge in [-0.3, -0.25) is 4.90 Å². The van der Waals surface area contributed by atoms with Crippen LogP contribution in [0.5, 0.6) is 0 Å². The molecule has 3 rings (SSSR count). The fourth-order valence-corrected chi connectivity index (χ4v) is 3.54. The smallest absolute Gasteiger partial charge is 0.125 e. The number of rotatable bonds is 4. The fourth-order valence-electron chi connectivity index (χ4n) is 3.54. The third-order valence-corrected chi connectivity index (χ3v) is 4.81. The third kappa shape index (κ3) is 3.97. The molecule has 0 spiro atoms. The lowest BCUT2D eigenvalue weighted by atomic mass is 9.89. The van der Waals surface area contributed by atoms with Gasteiger partial charge in [-0.25, -0.2) is 9.97 Å². The van der Waals surface area contributed by atoms with Crippen LogP contribution in [-0.2, 0) is 6.42 Å². The van der Waals surface area contributed by atoms with E-state index in [1.165, 1.54) is 23.1 Å². The highest BCUT2D eigenvalue weighted by Crippen LogP contribution is 2.42. The van der Waals surface area contributed by atoms with Gasteiger partial charge in [-0.1, -0.05) is 43.7 Å². The Hall–Kier alpha value is -1.74. The predicted octanol–water partition coefficient (Wildman–Crippen LogP) is 4.11. The van der Waals surface area contributed by atoms with Crippen LogP contribution >= 0.6 is 0 Å². The monoisotopic (exact) mass is 309 g/mol. The van der Waals surface area contributed by atoms with Crippen molar-refractivity contribution in [3.05, 3.63) is 59.2 Å². The Morgan fingerprint density at radius 1 is 1.09 bits per heavy atom. The Morgan fingerprint density at radius 2 is 1.74 bits per heavy atom. The molecule has 0 radical (unpaired) electrons. The van der Waals surface area contributed by atoms with Crippen LogP contribution in [0.25, 0.3) is 0 Å². The molecule has 2 aromatic rings. The standard InChI is InChI=1S/C20H27N3/c1-15-5-7-17(8-6-15)9-10-23-14-20(3,4)11-19(23)18-12-21-16(2)22-13-18/h5-8,12-13,19H,9-11,14H2,1-4H3. The van der Waals surface area contributed by atoms with Gasteiger partial charge in [0, 0.05) is 37.1 Å². The molecule has 1 fully saturated rings. The number of aromatic nitrogens is 2. The SMILES string of the molecule is Cc1ccc(CCN2CC(C)(C)CC2c2cnc(C)nc2)cc1. The number of benzene rings is 1. The van der Waals surface area contributed by atoms with Crippen LogP contribution in [-0.4, -0.2) is 28.0 Å². The van der Waals surface area contributed by atoms with Gasteiger partial charge in [0.05, 0.1) is 0 Å². The summed E-state index contributed by atoms with van der Waals surface area (Å²) in [6.45, 7) is 11.0. The number of aryl methyl sites for hydroxylation is 2. The predicted molar refractivity (Wildman–Crippen MR) is 94.4 cm³/mol. The van der Waals surface area contributed by atoms with Gasteiger partial charge in [0.1, 0.15) is 5.82 Å². The van der Waals surface area contributed by atoms with Crippen LogP contribution in [0, 0.1) is 19.3 Å². The maximum absolute atomic E-state index is 4.40. The van der Waals surface area contributed by atoms with Gasteiger partial charge < -0.3 is 0 Å². The topological polar surface area (TPSA) is 29.0 Å². The zero-order valence-electron chi connectivity index (χ0n) is 14.7. The average Bonchev–Trinajstić information content (AvgIpc) is 2.82. The highest BCUT2D eigenvalue weighted by Gasteiger charge is 2.38. The van der Waals surface area contributed by atoms with E-state index in [4.69, 9.17) is 0 Å². The Balaban J connectivity index is 1.72. The molecule has 1 saturated heterocycles. The van der Waals surface area contributed by atoms with E-state index in [2.05, 4.69) is 59.9 Å². The summed E-state index contributed by atoms with van der Waals surface area (Å²) in [5.74, 6) is 0.845. The summed E-state index contributed by atoms with van der Waals surface area (Å²) in [6.07, 6.45) is 6.29. The molecule has 1 aliphatic rings. The average molecular weight is 309 g/mol. The van der Waals surface area contributed by atoms with Crippen molar-refractivity contribution >= 4 is 0 Å². The van der Waals surface area contributed by atoms with Crippen molar-refractivity contribution < 1.29 is 0 Å². The van der Waals surface area contributed by atoms with Crippen LogP contribution in [0.2, 0.25) is 0 Å². The van der Waals surface area contributed by atoms with Crippen molar-refractivity contribution in [1.29, 1.82) is 0 Å². The van der Waals surface area contributed by atoms with Gasteiger partial charge in [-0.05, 0) is 37.7 Å². The van der Waals surface area contributed by atoms with E-state index in [0.29, 0.717) is 11.5 Å². The lowest BCUT2D eigenvalue weighted by Crippen LogP contribution is -2.28. The van der Waals surface area contributed by atoms with Gasteiger partial charge in [0.15, 0.2) is 0 Å². The molecular weight excluding hydrogens is 282 g/mol. The first-order chi connectivity index (χ1) is 10.9. The van der Waals surface area contributed by atoms with Crippen LogP contribution in [0.15, 0.2) is 36.7 Å². The van der Waals surface area contributed by atoms with E-state index in [1.807, 2.05) is 19.3 Å². The second-order valence-corrected chi connectivity index (χ2v) is 7.65. The van der Waals surface area contributed by atoms with Gasteiger partial charge in [-0.2, -0.15) is 0 Å². The quantitative estimate of drug-likeness (QED) is 0.851. The largest absolute Gasteiger partial charge is 0.295 e. The summed E-state index contributed by atoms with van der Waals surface area (Å²) < 4.78 is 0. The van der Waals surface area contributed by atoms with E-state index >= 15 is 0 Å². The van der Waals surface area contributed by atoms with Crippen molar-refractivity contribution in [3.63, 3.8) is 0 Å². The van der Waals surface area contributed by atoms with Crippen molar-refractivity contribution in [3.8, 4) is 0 Å². The number of nitrogens with zero attached hydrogens (tertiary/aromatic N) is 3. The molecule has 3 heteroatoms. The van der Waals surface area contributed by atoms with Crippen LogP contribution in [0.4, 0.5) is 0 Å². The first kappa shape index (κ1) is 16.1. The third-order valence-electron chi connectivity index (χ3n) is 4.81. The van der Waals surface area contributed by atoms with Gasteiger partial charge in [0.2, 0.25) is 0 Å². The zero-order valence-corrected chi connectivity index (χ0v) is 14.7. The Labute approximate surface area is 139 Å². The van der Waals surface area contributed by atoms with E-state index in [1.54, 1.807) is 0 Å². The zero-order chi connectivity index (χ0) is 16.4. The molecule has 23 heavy (non-hydrogen) atoms. The van der Waals surface area contributed by atoms with E-state index in [-0.39, 0.29) is 0 Å². The molecule has 2 heterocycles. The molecule has 0 saturated carbocycles. The Kier molecular flexibility index (Phi) is 4.49. The summed E-state index contributed by atoms with van der Waals surface area (Å²) >= 11 is 0. The fraction of sp³-hybridized carbons (Fsp3) is 0.500. The summed E-state index contributed by atoms with van der Waals surface area (Å²) in [5, 5.41) is 0. The molecule has 1 atom stereocenters. The molecule has 1 aliphatic heterocycles. The van der Waals surface area contributed by atoms with Gasteiger partial charge in [-0.15, -0.1) is 0 Å². The highest BCUT2D eigenvalue weighted by molar-refractivity contribution is 5.22. The van der Waals surface area contributed by atoms with Crippen molar-refractivity contribution in [2.45, 2.75) is 46.6 Å². The van der Waals surface area contributed by atoms with Crippen LogP contribution in [0.3, 0.4) is 0 Å². The number of hydrogen-bond acceptors (Lipinski definition) is 3. The minimum Gasteiger partial charge on any atom is -0.295 e. The van der Waals surface area contributed by atoms with Gasteiger partial charge >= 0.3 is 0 Å². The minimum atomic E-state index is 0.350. The Morgan fingerprint density at radius 3 is 2.39 bits per heavy atom. The molecule has 3 nitrogen and oxygen atoms in total. The van der Waals surface area contributed by atoms with E-state index in [9.17, 15) is 0 Å². The normalized spacial score (nSPS) is 20.8. The molecule has 1 aromatic heterocycles. The molecule has 0 bridgehead atoms. The van der Waals surface area contributed by atoms with E-state index < -0.39 is 0 Å². The highest BCUT2D eigenvalue weighted by atomic mass is 15.2. The molecule has 0 N–H and O–H groups in total. The lowest BCUT2D eigenvalue weighted by molar-refractivity contribution is 0.246. The van der Waals surface area contributed by atoms with Crippen LogP contribution in [0.1, 0.15) is 48.8 Å². The number of likely N-dealkylation sites (tertiary alicyclic amines) is 1. The number of hydrogen-bond donors (Lipinski definition) is 0. The van der Waals surface area contributed by atoms with E-state index in [0.717, 1.165) is 25.3 Å². The summed E-state index contributed by atoms with van der Waals surface area (Å²) in [4.78, 5) is 11.4. The molecular formula is C20H27N3. The Bertz CT molecular complexity index is 644. The van der Waals surface area contributed by atoms with Crippen LogP contribution < -0.4 is 0 Å². The molecule has 122 valence electrons. The second-order valence-electron chi connectivity index (χ2n) is 7.65. The second kappa shape index (κ2) is 6.40. The molecule has 0 amide bonds.